The number of piperidine rings is 1. The molecule has 108 valence electrons. The first-order chi connectivity index (χ1) is 9.85. The van der Waals surface area contributed by atoms with Gasteiger partial charge in [0.05, 0.1) is 11.4 Å². The van der Waals surface area contributed by atoms with E-state index >= 15 is 0 Å². The van der Waals surface area contributed by atoms with E-state index in [4.69, 9.17) is 5.73 Å². The van der Waals surface area contributed by atoms with Gasteiger partial charge in [0.2, 0.25) is 0 Å². The average molecular weight is 288 g/mol. The van der Waals surface area contributed by atoms with E-state index in [9.17, 15) is 0 Å². The van der Waals surface area contributed by atoms with Crippen LogP contribution in [0.25, 0.3) is 0 Å². The molecule has 0 radical (unpaired) electrons. The number of thiophene rings is 1. The first-order valence-corrected chi connectivity index (χ1v) is 8.67. The zero-order valence-corrected chi connectivity index (χ0v) is 12.9. The molecule has 1 aromatic heterocycles. The average Bonchev–Trinajstić information content (AvgIpc) is 2.92. The van der Waals surface area contributed by atoms with Crippen molar-refractivity contribution < 1.29 is 0 Å². The minimum Gasteiger partial charge on any atom is -0.320 e. The van der Waals surface area contributed by atoms with Crippen molar-refractivity contribution in [2.45, 2.75) is 38.6 Å². The molecule has 2 unspecified atom stereocenters. The van der Waals surface area contributed by atoms with Gasteiger partial charge in [0.15, 0.2) is 0 Å². The summed E-state index contributed by atoms with van der Waals surface area (Å²) in [4.78, 5) is 5.25. The summed E-state index contributed by atoms with van der Waals surface area (Å²) in [5.74, 6) is 8.05. The molecule has 2 aliphatic rings. The number of rotatable bonds is 2. The Labute approximate surface area is 126 Å². The van der Waals surface area contributed by atoms with Crippen LogP contribution in [0.3, 0.4) is 0 Å². The van der Waals surface area contributed by atoms with E-state index in [1.807, 2.05) is 11.3 Å². The second-order valence-electron chi connectivity index (χ2n) is 6.10. The largest absolute Gasteiger partial charge is 0.320 e. The van der Waals surface area contributed by atoms with Crippen molar-refractivity contribution in [3.63, 3.8) is 0 Å². The number of nitrogens with zero attached hydrogens (tertiary/aromatic N) is 1. The highest BCUT2D eigenvalue weighted by Crippen LogP contribution is 2.36. The Morgan fingerprint density at radius 1 is 1.20 bits per heavy atom. The van der Waals surface area contributed by atoms with Crippen LogP contribution in [0, 0.1) is 23.7 Å². The van der Waals surface area contributed by atoms with Crippen molar-refractivity contribution in [1.82, 2.24) is 4.90 Å². The number of fused-ring (bicyclic) bond motifs is 1. The molecule has 2 heterocycles. The molecule has 20 heavy (non-hydrogen) atoms. The quantitative estimate of drug-likeness (QED) is 0.848. The number of likely N-dealkylation sites (tertiary alicyclic amines) is 1. The van der Waals surface area contributed by atoms with E-state index in [0.29, 0.717) is 6.54 Å². The van der Waals surface area contributed by atoms with Crippen LogP contribution in [0.2, 0.25) is 0 Å². The van der Waals surface area contributed by atoms with Gasteiger partial charge in [-0.3, -0.25) is 4.90 Å². The number of nitrogens with two attached hydrogens (primary N) is 1. The molecule has 1 saturated carbocycles. The van der Waals surface area contributed by atoms with Gasteiger partial charge in [0, 0.05) is 18.0 Å². The Hall–Kier alpha value is -0.820. The molecule has 2 atom stereocenters. The van der Waals surface area contributed by atoms with E-state index in [1.54, 1.807) is 0 Å². The second kappa shape index (κ2) is 6.76. The van der Waals surface area contributed by atoms with Crippen LogP contribution < -0.4 is 5.73 Å². The predicted molar refractivity (Wildman–Crippen MR) is 85.6 cm³/mol. The smallest absolute Gasteiger partial charge is 0.0772 e. The predicted octanol–water partition coefficient (Wildman–Crippen LogP) is 3.07. The van der Waals surface area contributed by atoms with Crippen molar-refractivity contribution >= 4 is 11.3 Å². The topological polar surface area (TPSA) is 29.3 Å². The standard InChI is InChI=1S/C17H24N2S/c18-10-3-6-16-7-8-17(20-16)13-19-11-9-14-4-1-2-5-15(14)12-19/h7-8,14-15H,1-2,4-5,9-13,18H2. The highest BCUT2D eigenvalue weighted by Gasteiger charge is 2.30. The van der Waals surface area contributed by atoms with Gasteiger partial charge < -0.3 is 5.73 Å². The van der Waals surface area contributed by atoms with Crippen LogP contribution in [0.5, 0.6) is 0 Å². The first-order valence-electron chi connectivity index (χ1n) is 7.85. The molecule has 2 N–H and O–H groups in total. The Morgan fingerprint density at radius 2 is 2.05 bits per heavy atom. The summed E-state index contributed by atoms with van der Waals surface area (Å²) in [6, 6.07) is 4.37. The molecular weight excluding hydrogens is 264 g/mol. The lowest BCUT2D eigenvalue weighted by Gasteiger charge is -2.41. The maximum atomic E-state index is 5.42. The normalized spacial score (nSPS) is 26.6. The molecule has 3 heteroatoms. The molecule has 1 aromatic rings. The third kappa shape index (κ3) is 3.44. The van der Waals surface area contributed by atoms with Crippen LogP contribution >= 0.6 is 11.3 Å². The highest BCUT2D eigenvalue weighted by molar-refractivity contribution is 7.12. The van der Waals surface area contributed by atoms with Crippen molar-refractivity contribution in [2.75, 3.05) is 19.6 Å². The van der Waals surface area contributed by atoms with E-state index < -0.39 is 0 Å². The van der Waals surface area contributed by atoms with Gasteiger partial charge in [-0.2, -0.15) is 0 Å². The Bertz CT molecular complexity index is 497. The van der Waals surface area contributed by atoms with E-state index in [-0.39, 0.29) is 0 Å². The molecule has 1 saturated heterocycles. The van der Waals surface area contributed by atoms with Crippen molar-refractivity contribution in [3.05, 3.63) is 21.9 Å². The van der Waals surface area contributed by atoms with Gasteiger partial charge in [-0.25, -0.2) is 0 Å². The molecule has 2 fully saturated rings. The first kappa shape index (κ1) is 14.1. The molecule has 1 aliphatic carbocycles. The van der Waals surface area contributed by atoms with Crippen LogP contribution in [-0.2, 0) is 6.54 Å². The fourth-order valence-corrected chi connectivity index (χ4v) is 4.63. The van der Waals surface area contributed by atoms with Crippen molar-refractivity contribution in [2.24, 2.45) is 17.6 Å². The summed E-state index contributed by atoms with van der Waals surface area (Å²) in [6.07, 6.45) is 7.27. The van der Waals surface area contributed by atoms with Gasteiger partial charge in [-0.05, 0) is 43.4 Å². The molecule has 0 spiro atoms. The fraction of sp³-hybridized carbons (Fsp3) is 0.647. The molecule has 3 rings (SSSR count). The van der Waals surface area contributed by atoms with E-state index in [1.165, 1.54) is 50.1 Å². The van der Waals surface area contributed by atoms with Crippen molar-refractivity contribution in [3.8, 4) is 11.8 Å². The SMILES string of the molecule is NCC#Cc1ccc(CN2CCC3CCCCC3C2)s1. The van der Waals surface area contributed by atoms with Gasteiger partial charge >= 0.3 is 0 Å². The summed E-state index contributed by atoms with van der Waals surface area (Å²) < 4.78 is 0. The van der Waals surface area contributed by atoms with Crippen molar-refractivity contribution in [1.29, 1.82) is 0 Å². The van der Waals surface area contributed by atoms with Gasteiger partial charge in [-0.1, -0.05) is 31.1 Å². The summed E-state index contributed by atoms with van der Waals surface area (Å²) in [7, 11) is 0. The van der Waals surface area contributed by atoms with Crippen LogP contribution in [-0.4, -0.2) is 24.5 Å². The molecule has 0 aromatic carbocycles. The van der Waals surface area contributed by atoms with Gasteiger partial charge in [0.25, 0.3) is 0 Å². The fourth-order valence-electron chi connectivity index (χ4n) is 3.71. The maximum Gasteiger partial charge on any atom is 0.0772 e. The third-order valence-electron chi connectivity index (χ3n) is 4.73. The van der Waals surface area contributed by atoms with Gasteiger partial charge in [0.1, 0.15) is 0 Å². The molecular formula is C17H24N2S. The minimum atomic E-state index is 0.447. The zero-order valence-electron chi connectivity index (χ0n) is 12.1. The number of hydrogen-bond donors (Lipinski definition) is 1. The number of hydrogen-bond acceptors (Lipinski definition) is 3. The maximum absolute atomic E-state index is 5.42. The molecule has 1 aliphatic heterocycles. The molecule has 0 amide bonds. The zero-order chi connectivity index (χ0) is 13.8. The summed E-state index contributed by atoms with van der Waals surface area (Å²) >= 11 is 1.83. The van der Waals surface area contributed by atoms with Crippen LogP contribution in [0.4, 0.5) is 0 Å². The molecule has 0 bridgehead atoms. The summed E-state index contributed by atoms with van der Waals surface area (Å²) in [5, 5.41) is 0. The van der Waals surface area contributed by atoms with E-state index in [0.717, 1.165) is 23.3 Å². The second-order valence-corrected chi connectivity index (χ2v) is 7.27. The van der Waals surface area contributed by atoms with Crippen LogP contribution in [0.1, 0.15) is 41.9 Å². The lowest BCUT2D eigenvalue weighted by molar-refractivity contribution is 0.0827. The lowest BCUT2D eigenvalue weighted by atomic mass is 9.75. The lowest BCUT2D eigenvalue weighted by Crippen LogP contribution is -2.41. The highest BCUT2D eigenvalue weighted by atomic mass is 32.1. The summed E-state index contributed by atoms with van der Waals surface area (Å²) in [5.41, 5.74) is 5.42. The van der Waals surface area contributed by atoms with Gasteiger partial charge in [-0.15, -0.1) is 11.3 Å². The Kier molecular flexibility index (Phi) is 4.77. The Morgan fingerprint density at radius 3 is 2.90 bits per heavy atom. The minimum absolute atomic E-state index is 0.447. The van der Waals surface area contributed by atoms with Crippen LogP contribution in [0.15, 0.2) is 12.1 Å². The third-order valence-corrected chi connectivity index (χ3v) is 5.72. The summed E-state index contributed by atoms with van der Waals surface area (Å²) in [6.45, 7) is 4.15. The molecule has 2 nitrogen and oxygen atoms in total. The van der Waals surface area contributed by atoms with E-state index in [2.05, 4.69) is 28.9 Å². The Balaban J connectivity index is 1.56. The monoisotopic (exact) mass is 288 g/mol.